The fraction of sp³-hybridized carbons (Fsp3) is 0.0952. The predicted octanol–water partition coefficient (Wildman–Crippen LogP) is 5.07. The monoisotopic (exact) mass is 389 g/mol. The van der Waals surface area contributed by atoms with Crippen molar-refractivity contribution in [3.05, 3.63) is 71.6 Å². The van der Waals surface area contributed by atoms with E-state index in [2.05, 4.69) is 49.8 Å². The van der Waals surface area contributed by atoms with Gasteiger partial charge in [0.2, 0.25) is 0 Å². The average Bonchev–Trinajstić information content (AvgIpc) is 3.34. The third-order valence-corrected chi connectivity index (χ3v) is 5.00. The summed E-state index contributed by atoms with van der Waals surface area (Å²) in [6.07, 6.45) is 4.39. The van der Waals surface area contributed by atoms with Gasteiger partial charge in [0.1, 0.15) is 23.2 Å². The van der Waals surface area contributed by atoms with Gasteiger partial charge in [0, 0.05) is 34.2 Å². The zero-order valence-corrected chi connectivity index (χ0v) is 15.6. The molecule has 138 valence electrons. The Morgan fingerprint density at radius 2 is 1.89 bits per heavy atom. The van der Waals surface area contributed by atoms with Crippen molar-refractivity contribution in [2.75, 3.05) is 11.9 Å². The summed E-state index contributed by atoms with van der Waals surface area (Å²) in [5.41, 5.74) is 4.46. The van der Waals surface area contributed by atoms with E-state index in [4.69, 9.17) is 16.1 Å². The molecule has 0 radical (unpaired) electrons. The van der Waals surface area contributed by atoms with E-state index < -0.39 is 0 Å². The molecule has 0 bridgehead atoms. The van der Waals surface area contributed by atoms with Gasteiger partial charge in [-0.25, -0.2) is 4.98 Å². The summed E-state index contributed by atoms with van der Waals surface area (Å²) >= 11 is 6.00. The first-order chi connectivity index (χ1) is 13.8. The lowest BCUT2D eigenvalue weighted by Crippen LogP contribution is -2.06. The Balaban J connectivity index is 1.43. The second-order valence-electron chi connectivity index (χ2n) is 6.48. The second kappa shape index (κ2) is 6.98. The van der Waals surface area contributed by atoms with Crippen LogP contribution in [-0.4, -0.2) is 26.7 Å². The average molecular weight is 390 g/mol. The standard InChI is InChI=1S/C21H16ClN5O/c22-15-7-5-13(6-8-15)19-18-20(25-12-26-21(18)28-27-19)23-10-9-14-11-24-17-4-2-1-3-16(14)17/h1-8,11-12,24H,9-10H2,(H,23,25,26). The van der Waals surface area contributed by atoms with Crippen LogP contribution in [-0.2, 0) is 6.42 Å². The Morgan fingerprint density at radius 1 is 1.04 bits per heavy atom. The minimum absolute atomic E-state index is 0.453. The van der Waals surface area contributed by atoms with Crippen molar-refractivity contribution in [2.24, 2.45) is 0 Å². The number of benzene rings is 2. The van der Waals surface area contributed by atoms with E-state index in [1.165, 1.54) is 17.3 Å². The maximum Gasteiger partial charge on any atom is 0.263 e. The van der Waals surface area contributed by atoms with Gasteiger partial charge in [0.05, 0.1) is 0 Å². The Labute approximate surface area is 165 Å². The highest BCUT2D eigenvalue weighted by Crippen LogP contribution is 2.31. The zero-order chi connectivity index (χ0) is 18.9. The van der Waals surface area contributed by atoms with Crippen molar-refractivity contribution in [1.29, 1.82) is 0 Å². The molecule has 5 aromatic rings. The molecule has 0 aliphatic heterocycles. The third kappa shape index (κ3) is 2.97. The van der Waals surface area contributed by atoms with Crippen LogP contribution in [0.2, 0.25) is 5.02 Å². The molecular weight excluding hydrogens is 374 g/mol. The van der Waals surface area contributed by atoms with Crippen LogP contribution in [0.15, 0.2) is 65.6 Å². The van der Waals surface area contributed by atoms with Crippen LogP contribution in [0.3, 0.4) is 0 Å². The molecular formula is C21H16ClN5O. The molecule has 0 aliphatic carbocycles. The molecule has 0 saturated heterocycles. The van der Waals surface area contributed by atoms with E-state index in [1.54, 1.807) is 0 Å². The van der Waals surface area contributed by atoms with Gasteiger partial charge in [-0.15, -0.1) is 0 Å². The maximum atomic E-state index is 6.00. The summed E-state index contributed by atoms with van der Waals surface area (Å²) in [6.45, 7) is 0.721. The van der Waals surface area contributed by atoms with Crippen LogP contribution in [0.25, 0.3) is 33.3 Å². The number of rotatable bonds is 5. The summed E-state index contributed by atoms with van der Waals surface area (Å²) in [5.74, 6) is 0.705. The molecule has 7 heteroatoms. The van der Waals surface area contributed by atoms with E-state index in [0.29, 0.717) is 22.2 Å². The Hall–Kier alpha value is -3.38. The molecule has 6 nitrogen and oxygen atoms in total. The molecule has 0 fully saturated rings. The van der Waals surface area contributed by atoms with Crippen molar-refractivity contribution < 1.29 is 4.52 Å². The largest absolute Gasteiger partial charge is 0.369 e. The number of nitrogens with zero attached hydrogens (tertiary/aromatic N) is 3. The SMILES string of the molecule is Clc1ccc(-c2noc3ncnc(NCCc4c[nH]c5ccccc45)c23)cc1. The van der Waals surface area contributed by atoms with E-state index in [1.807, 2.05) is 30.3 Å². The van der Waals surface area contributed by atoms with E-state index in [0.717, 1.165) is 29.4 Å². The lowest BCUT2D eigenvalue weighted by Gasteiger charge is -2.06. The summed E-state index contributed by atoms with van der Waals surface area (Å²) in [6, 6.07) is 15.7. The Morgan fingerprint density at radius 3 is 2.79 bits per heavy atom. The number of halogens is 1. The van der Waals surface area contributed by atoms with Gasteiger partial charge in [-0.05, 0) is 30.2 Å². The number of para-hydroxylation sites is 1. The summed E-state index contributed by atoms with van der Waals surface area (Å²) in [5, 5.41) is 10.3. The molecule has 0 amide bonds. The number of H-pyrrole nitrogens is 1. The van der Waals surface area contributed by atoms with Crippen molar-refractivity contribution in [3.63, 3.8) is 0 Å². The molecule has 2 N–H and O–H groups in total. The second-order valence-corrected chi connectivity index (χ2v) is 6.91. The first-order valence-electron chi connectivity index (χ1n) is 8.95. The van der Waals surface area contributed by atoms with Crippen LogP contribution < -0.4 is 5.32 Å². The number of fused-ring (bicyclic) bond motifs is 2. The highest BCUT2D eigenvalue weighted by molar-refractivity contribution is 6.30. The van der Waals surface area contributed by atoms with Crippen LogP contribution in [0.5, 0.6) is 0 Å². The predicted molar refractivity (Wildman–Crippen MR) is 111 cm³/mol. The minimum atomic E-state index is 0.453. The molecule has 0 saturated carbocycles. The molecule has 3 heterocycles. The number of nitrogens with one attached hydrogen (secondary N) is 2. The quantitative estimate of drug-likeness (QED) is 0.438. The van der Waals surface area contributed by atoms with E-state index in [-0.39, 0.29) is 0 Å². The molecule has 3 aromatic heterocycles. The fourth-order valence-corrected chi connectivity index (χ4v) is 3.51. The number of hydrogen-bond acceptors (Lipinski definition) is 5. The summed E-state index contributed by atoms with van der Waals surface area (Å²) in [4.78, 5) is 11.9. The van der Waals surface area contributed by atoms with E-state index in [9.17, 15) is 0 Å². The fourth-order valence-electron chi connectivity index (χ4n) is 3.38. The Bertz CT molecular complexity index is 1260. The van der Waals surface area contributed by atoms with Crippen LogP contribution in [0.4, 0.5) is 5.82 Å². The smallest absolute Gasteiger partial charge is 0.263 e. The van der Waals surface area contributed by atoms with Gasteiger partial charge in [-0.3, -0.25) is 0 Å². The number of anilines is 1. The third-order valence-electron chi connectivity index (χ3n) is 4.75. The van der Waals surface area contributed by atoms with Gasteiger partial charge < -0.3 is 14.8 Å². The number of hydrogen-bond donors (Lipinski definition) is 2. The first kappa shape index (κ1) is 16.8. The van der Waals surface area contributed by atoms with Crippen molar-refractivity contribution in [2.45, 2.75) is 6.42 Å². The van der Waals surface area contributed by atoms with E-state index >= 15 is 0 Å². The maximum absolute atomic E-state index is 6.00. The molecule has 0 atom stereocenters. The van der Waals surface area contributed by atoms with Crippen molar-refractivity contribution in [3.8, 4) is 11.3 Å². The highest BCUT2D eigenvalue weighted by Gasteiger charge is 2.16. The van der Waals surface area contributed by atoms with Crippen LogP contribution >= 0.6 is 11.6 Å². The molecule has 2 aromatic carbocycles. The van der Waals surface area contributed by atoms with Gasteiger partial charge in [0.25, 0.3) is 5.71 Å². The molecule has 0 aliphatic rings. The van der Waals surface area contributed by atoms with Gasteiger partial charge in [0.15, 0.2) is 0 Å². The van der Waals surface area contributed by atoms with Gasteiger partial charge in [-0.2, -0.15) is 4.98 Å². The minimum Gasteiger partial charge on any atom is -0.369 e. The van der Waals surface area contributed by atoms with Gasteiger partial charge in [-0.1, -0.05) is 47.1 Å². The highest BCUT2D eigenvalue weighted by atomic mass is 35.5. The zero-order valence-electron chi connectivity index (χ0n) is 14.8. The molecule has 0 unspecified atom stereocenters. The lowest BCUT2D eigenvalue weighted by molar-refractivity contribution is 0.451. The van der Waals surface area contributed by atoms with Crippen LogP contribution in [0.1, 0.15) is 5.56 Å². The summed E-state index contributed by atoms with van der Waals surface area (Å²) < 4.78 is 5.41. The molecule has 0 spiro atoms. The molecule has 5 rings (SSSR count). The van der Waals surface area contributed by atoms with Crippen molar-refractivity contribution >= 4 is 39.4 Å². The van der Waals surface area contributed by atoms with Gasteiger partial charge >= 0.3 is 0 Å². The van der Waals surface area contributed by atoms with Crippen LogP contribution in [0, 0.1) is 0 Å². The summed E-state index contributed by atoms with van der Waals surface area (Å²) in [7, 11) is 0. The lowest BCUT2D eigenvalue weighted by atomic mass is 10.1. The topological polar surface area (TPSA) is 79.6 Å². The Kier molecular flexibility index (Phi) is 4.18. The normalized spacial score (nSPS) is 11.3. The molecule has 28 heavy (non-hydrogen) atoms. The van der Waals surface area contributed by atoms with Crippen molar-refractivity contribution in [1.82, 2.24) is 20.1 Å². The number of aromatic nitrogens is 4. The number of aromatic amines is 1. The first-order valence-corrected chi connectivity index (χ1v) is 9.32.